The van der Waals surface area contributed by atoms with Gasteiger partial charge in [-0.3, -0.25) is 10.2 Å². The van der Waals surface area contributed by atoms with Gasteiger partial charge in [0, 0.05) is 11.8 Å². The SMILES string of the molecule is CC(CC(CS)C(=O)O)NC(=N)N. The standard InChI is InChI=1S/C7H15N3O2S/c1-4(10-7(8)9)2-5(3-13)6(11)12/h4-5,13H,2-3H2,1H3,(H,11,12)(H4,8,9,10). The molecular formula is C7H15N3O2S. The minimum Gasteiger partial charge on any atom is -0.481 e. The fraction of sp³-hybridized carbons (Fsp3) is 0.714. The van der Waals surface area contributed by atoms with Crippen LogP contribution < -0.4 is 11.1 Å². The summed E-state index contributed by atoms with van der Waals surface area (Å²) in [5, 5.41) is 18.3. The first-order valence-electron chi connectivity index (χ1n) is 3.91. The highest BCUT2D eigenvalue weighted by Gasteiger charge is 2.18. The molecule has 13 heavy (non-hydrogen) atoms. The zero-order chi connectivity index (χ0) is 10.4. The second-order valence-electron chi connectivity index (χ2n) is 2.91. The molecule has 0 bridgehead atoms. The molecule has 0 rings (SSSR count). The molecule has 0 spiro atoms. The molecule has 0 fully saturated rings. The van der Waals surface area contributed by atoms with Gasteiger partial charge in [-0.05, 0) is 13.3 Å². The Morgan fingerprint density at radius 3 is 2.62 bits per heavy atom. The predicted molar refractivity (Wildman–Crippen MR) is 54.1 cm³/mol. The summed E-state index contributed by atoms with van der Waals surface area (Å²) in [6.45, 7) is 1.78. The van der Waals surface area contributed by atoms with E-state index >= 15 is 0 Å². The zero-order valence-electron chi connectivity index (χ0n) is 7.45. The Morgan fingerprint density at radius 1 is 1.77 bits per heavy atom. The highest BCUT2D eigenvalue weighted by Crippen LogP contribution is 2.08. The lowest BCUT2D eigenvalue weighted by atomic mass is 10.0. The summed E-state index contributed by atoms with van der Waals surface area (Å²) in [4.78, 5) is 10.6. The van der Waals surface area contributed by atoms with Crippen LogP contribution in [0.1, 0.15) is 13.3 Å². The van der Waals surface area contributed by atoms with Crippen molar-refractivity contribution in [3.8, 4) is 0 Å². The quantitative estimate of drug-likeness (QED) is 0.245. The van der Waals surface area contributed by atoms with E-state index in [9.17, 15) is 4.79 Å². The van der Waals surface area contributed by atoms with Gasteiger partial charge < -0.3 is 16.2 Å². The largest absolute Gasteiger partial charge is 0.481 e. The number of hydrogen-bond donors (Lipinski definition) is 5. The van der Waals surface area contributed by atoms with E-state index in [0.29, 0.717) is 12.2 Å². The van der Waals surface area contributed by atoms with Crippen LogP contribution in [0.5, 0.6) is 0 Å². The average molecular weight is 205 g/mol. The van der Waals surface area contributed by atoms with Crippen molar-refractivity contribution in [2.24, 2.45) is 11.7 Å². The maximum atomic E-state index is 10.6. The number of carboxylic acids is 1. The fourth-order valence-corrected chi connectivity index (χ4v) is 1.31. The van der Waals surface area contributed by atoms with Crippen molar-refractivity contribution in [2.45, 2.75) is 19.4 Å². The maximum Gasteiger partial charge on any atom is 0.307 e. The van der Waals surface area contributed by atoms with Crippen LogP contribution in [0.25, 0.3) is 0 Å². The van der Waals surface area contributed by atoms with Crippen LogP contribution in [0.3, 0.4) is 0 Å². The molecular weight excluding hydrogens is 190 g/mol. The Balaban J connectivity index is 3.93. The number of nitrogens with two attached hydrogens (primary N) is 1. The minimum atomic E-state index is -0.868. The van der Waals surface area contributed by atoms with Crippen molar-refractivity contribution < 1.29 is 9.90 Å². The summed E-state index contributed by atoms with van der Waals surface area (Å²) >= 11 is 3.93. The van der Waals surface area contributed by atoms with Gasteiger partial charge in [-0.1, -0.05) is 0 Å². The third-order valence-corrected chi connectivity index (χ3v) is 2.05. The summed E-state index contributed by atoms with van der Waals surface area (Å²) in [6, 6.07) is -0.120. The van der Waals surface area contributed by atoms with E-state index in [1.54, 1.807) is 6.92 Å². The van der Waals surface area contributed by atoms with Crippen LogP contribution in [0.2, 0.25) is 0 Å². The summed E-state index contributed by atoms with van der Waals surface area (Å²) in [5.74, 6) is -1.22. The normalized spacial score (nSPS) is 14.6. The molecule has 5 nitrogen and oxygen atoms in total. The van der Waals surface area contributed by atoms with Gasteiger partial charge in [0.1, 0.15) is 0 Å². The Bertz CT molecular complexity index is 198. The van der Waals surface area contributed by atoms with Gasteiger partial charge in [0.15, 0.2) is 5.96 Å². The minimum absolute atomic E-state index is 0.120. The second-order valence-corrected chi connectivity index (χ2v) is 3.28. The Kier molecular flexibility index (Phi) is 5.29. The van der Waals surface area contributed by atoms with Gasteiger partial charge in [-0.25, -0.2) is 0 Å². The van der Waals surface area contributed by atoms with E-state index in [0.717, 1.165) is 0 Å². The molecule has 5 N–H and O–H groups in total. The molecule has 0 radical (unpaired) electrons. The molecule has 0 aliphatic carbocycles. The average Bonchev–Trinajstić information content (AvgIpc) is 1.98. The van der Waals surface area contributed by atoms with Crippen LogP contribution in [-0.4, -0.2) is 28.8 Å². The molecule has 2 unspecified atom stereocenters. The van der Waals surface area contributed by atoms with Gasteiger partial charge in [-0.2, -0.15) is 12.6 Å². The number of hydrogen-bond acceptors (Lipinski definition) is 3. The van der Waals surface area contributed by atoms with E-state index in [1.807, 2.05) is 0 Å². The molecule has 0 aliphatic rings. The molecule has 6 heteroatoms. The van der Waals surface area contributed by atoms with Crippen LogP contribution in [0, 0.1) is 11.3 Å². The Labute approximate surface area is 82.6 Å². The predicted octanol–water partition coefficient (Wildman–Crippen LogP) is -0.121. The molecule has 0 aromatic carbocycles. The topological polar surface area (TPSA) is 99.2 Å². The Morgan fingerprint density at radius 2 is 2.31 bits per heavy atom. The van der Waals surface area contributed by atoms with Crippen LogP contribution in [-0.2, 0) is 4.79 Å². The molecule has 76 valence electrons. The number of thiol groups is 1. The first-order chi connectivity index (χ1) is 5.97. The molecule has 0 saturated carbocycles. The lowest BCUT2D eigenvalue weighted by molar-refractivity contribution is -0.141. The number of aliphatic carboxylic acids is 1. The van der Waals surface area contributed by atoms with E-state index in [1.165, 1.54) is 0 Å². The van der Waals surface area contributed by atoms with Crippen LogP contribution in [0.15, 0.2) is 0 Å². The Hall–Kier alpha value is -0.910. The summed E-state index contributed by atoms with van der Waals surface area (Å²) in [5.41, 5.74) is 5.09. The first kappa shape index (κ1) is 12.1. The monoisotopic (exact) mass is 205 g/mol. The highest BCUT2D eigenvalue weighted by molar-refractivity contribution is 7.80. The van der Waals surface area contributed by atoms with Gasteiger partial charge in [0.2, 0.25) is 0 Å². The van der Waals surface area contributed by atoms with Crippen molar-refractivity contribution in [3.63, 3.8) is 0 Å². The van der Waals surface area contributed by atoms with Crippen LogP contribution in [0.4, 0.5) is 0 Å². The van der Waals surface area contributed by atoms with Crippen molar-refractivity contribution in [3.05, 3.63) is 0 Å². The third-order valence-electron chi connectivity index (χ3n) is 1.61. The number of guanidine groups is 1. The molecule has 0 heterocycles. The van der Waals surface area contributed by atoms with Crippen molar-refractivity contribution in [1.29, 1.82) is 5.41 Å². The molecule has 0 aromatic rings. The lowest BCUT2D eigenvalue weighted by Gasteiger charge is -2.17. The molecule has 0 aromatic heterocycles. The number of carboxylic acid groups (broad SMARTS) is 1. The lowest BCUT2D eigenvalue weighted by Crippen LogP contribution is -2.39. The highest BCUT2D eigenvalue weighted by atomic mass is 32.1. The third kappa shape index (κ3) is 5.35. The van der Waals surface area contributed by atoms with Gasteiger partial charge in [-0.15, -0.1) is 0 Å². The smallest absolute Gasteiger partial charge is 0.307 e. The zero-order valence-corrected chi connectivity index (χ0v) is 8.34. The second kappa shape index (κ2) is 5.69. The van der Waals surface area contributed by atoms with Crippen molar-refractivity contribution in [2.75, 3.05) is 5.75 Å². The van der Waals surface area contributed by atoms with Crippen molar-refractivity contribution in [1.82, 2.24) is 5.32 Å². The van der Waals surface area contributed by atoms with Gasteiger partial charge >= 0.3 is 5.97 Å². The molecule has 0 aliphatic heterocycles. The summed E-state index contributed by atoms with van der Waals surface area (Å²) in [6.07, 6.45) is 0.415. The van der Waals surface area contributed by atoms with E-state index in [2.05, 4.69) is 17.9 Å². The van der Waals surface area contributed by atoms with Crippen LogP contribution >= 0.6 is 12.6 Å². The summed E-state index contributed by atoms with van der Waals surface area (Å²) in [7, 11) is 0. The summed E-state index contributed by atoms with van der Waals surface area (Å²) < 4.78 is 0. The number of rotatable bonds is 5. The van der Waals surface area contributed by atoms with Gasteiger partial charge in [0.25, 0.3) is 0 Å². The molecule has 2 atom stereocenters. The molecule has 0 saturated heterocycles. The fourth-order valence-electron chi connectivity index (χ4n) is 1.00. The first-order valence-corrected chi connectivity index (χ1v) is 4.54. The molecule has 0 amide bonds. The van der Waals surface area contributed by atoms with Gasteiger partial charge in [0.05, 0.1) is 5.92 Å². The van der Waals surface area contributed by atoms with E-state index in [-0.39, 0.29) is 12.0 Å². The number of carbonyl (C=O) groups is 1. The van der Waals surface area contributed by atoms with Crippen molar-refractivity contribution >= 4 is 24.6 Å². The number of nitrogens with one attached hydrogen (secondary N) is 2. The van der Waals surface area contributed by atoms with E-state index in [4.69, 9.17) is 16.2 Å². The maximum absolute atomic E-state index is 10.6. The van der Waals surface area contributed by atoms with E-state index < -0.39 is 11.9 Å².